The summed E-state index contributed by atoms with van der Waals surface area (Å²) in [6, 6.07) is 2.16. The van der Waals surface area contributed by atoms with E-state index in [0.717, 1.165) is 62.4 Å². The van der Waals surface area contributed by atoms with E-state index in [9.17, 15) is 4.79 Å². The summed E-state index contributed by atoms with van der Waals surface area (Å²) in [5, 5.41) is 13.7. The van der Waals surface area contributed by atoms with E-state index < -0.39 is 0 Å². The Morgan fingerprint density at radius 2 is 2.04 bits per heavy atom. The molecule has 27 heavy (non-hydrogen) atoms. The van der Waals surface area contributed by atoms with Gasteiger partial charge in [0.05, 0.1) is 5.69 Å². The van der Waals surface area contributed by atoms with Gasteiger partial charge in [-0.2, -0.15) is 9.61 Å². The summed E-state index contributed by atoms with van der Waals surface area (Å²) in [5.74, 6) is 1.39. The molecule has 3 aromatic rings. The third kappa shape index (κ3) is 3.03. The maximum absolute atomic E-state index is 11.4. The highest BCUT2D eigenvalue weighted by Crippen LogP contribution is 2.29. The van der Waals surface area contributed by atoms with Crippen LogP contribution in [0.5, 0.6) is 0 Å². The van der Waals surface area contributed by atoms with Crippen molar-refractivity contribution in [2.75, 3.05) is 13.1 Å². The zero-order chi connectivity index (χ0) is 18.4. The molecular weight excluding hydrogens is 342 g/mol. The molecule has 0 amide bonds. The van der Waals surface area contributed by atoms with Crippen LogP contribution in [0.4, 0.5) is 0 Å². The summed E-state index contributed by atoms with van der Waals surface area (Å²) < 4.78 is 3.51. The van der Waals surface area contributed by atoms with E-state index in [0.29, 0.717) is 5.92 Å². The van der Waals surface area contributed by atoms with Gasteiger partial charge in [-0.25, -0.2) is 9.78 Å². The van der Waals surface area contributed by atoms with Crippen molar-refractivity contribution in [1.82, 2.24) is 34.3 Å². The lowest BCUT2D eigenvalue weighted by molar-refractivity contribution is 0.200. The fourth-order valence-electron chi connectivity index (χ4n) is 4.30. The predicted octanol–water partition coefficient (Wildman–Crippen LogP) is 1.09. The van der Waals surface area contributed by atoms with Crippen molar-refractivity contribution in [3.63, 3.8) is 0 Å². The van der Waals surface area contributed by atoms with Gasteiger partial charge in [0, 0.05) is 37.5 Å². The molecule has 1 fully saturated rings. The molecule has 4 heterocycles. The quantitative estimate of drug-likeness (QED) is 0.691. The number of nitrogens with zero attached hydrogens (tertiary/aromatic N) is 7. The van der Waals surface area contributed by atoms with Crippen LogP contribution in [0, 0.1) is 0 Å². The molecule has 5 rings (SSSR count). The lowest BCUT2D eigenvalue weighted by Crippen LogP contribution is -2.33. The van der Waals surface area contributed by atoms with Gasteiger partial charge in [-0.05, 0) is 56.8 Å². The molecule has 0 bridgehead atoms. The van der Waals surface area contributed by atoms with Crippen molar-refractivity contribution >= 4 is 5.65 Å². The van der Waals surface area contributed by atoms with Crippen LogP contribution in [0.15, 0.2) is 23.3 Å². The molecule has 3 aromatic heterocycles. The van der Waals surface area contributed by atoms with Crippen LogP contribution in [0.1, 0.15) is 47.8 Å². The second-order valence-electron chi connectivity index (χ2n) is 7.70. The van der Waals surface area contributed by atoms with Crippen LogP contribution in [0.3, 0.4) is 0 Å². The van der Waals surface area contributed by atoms with E-state index in [2.05, 4.69) is 26.1 Å². The first kappa shape index (κ1) is 16.6. The summed E-state index contributed by atoms with van der Waals surface area (Å²) in [6.07, 6.45) is 9.01. The Balaban J connectivity index is 1.30. The highest BCUT2D eigenvalue weighted by molar-refractivity contribution is 5.43. The van der Waals surface area contributed by atoms with Crippen molar-refractivity contribution in [2.45, 2.75) is 44.6 Å². The van der Waals surface area contributed by atoms with E-state index in [1.807, 2.05) is 10.7 Å². The Morgan fingerprint density at radius 1 is 1.19 bits per heavy atom. The van der Waals surface area contributed by atoms with Crippen molar-refractivity contribution in [1.29, 1.82) is 0 Å². The molecule has 0 saturated carbocycles. The zero-order valence-electron chi connectivity index (χ0n) is 15.5. The second kappa shape index (κ2) is 6.53. The van der Waals surface area contributed by atoms with E-state index >= 15 is 0 Å². The summed E-state index contributed by atoms with van der Waals surface area (Å²) in [4.78, 5) is 17.8. The number of piperidine rings is 1. The van der Waals surface area contributed by atoms with Crippen LogP contribution in [0.2, 0.25) is 0 Å². The maximum Gasteiger partial charge on any atom is 0.347 e. The molecule has 0 aromatic carbocycles. The summed E-state index contributed by atoms with van der Waals surface area (Å²) in [6.45, 7) is 2.81. The molecule has 0 radical (unpaired) electrons. The first-order chi connectivity index (χ1) is 13.2. The number of aryl methyl sites for hydroxylation is 3. The molecule has 8 nitrogen and oxygen atoms in total. The molecule has 0 N–H and O–H groups in total. The monoisotopic (exact) mass is 365 g/mol. The third-order valence-corrected chi connectivity index (χ3v) is 5.80. The van der Waals surface area contributed by atoms with Crippen LogP contribution in [-0.4, -0.2) is 47.4 Å². The smallest absolute Gasteiger partial charge is 0.302 e. The van der Waals surface area contributed by atoms with Crippen LogP contribution < -0.4 is 5.69 Å². The molecular formula is C19H23N7O. The number of fused-ring (bicyclic) bond motifs is 2. The highest BCUT2D eigenvalue weighted by Gasteiger charge is 2.26. The van der Waals surface area contributed by atoms with Gasteiger partial charge in [0.1, 0.15) is 0 Å². The molecule has 8 heteroatoms. The second-order valence-corrected chi connectivity index (χ2v) is 7.70. The van der Waals surface area contributed by atoms with Crippen LogP contribution in [-0.2, 0) is 26.4 Å². The molecule has 1 aliphatic carbocycles. The molecule has 2 aliphatic rings. The number of likely N-dealkylation sites (tertiary alicyclic amines) is 1. The summed E-state index contributed by atoms with van der Waals surface area (Å²) in [7, 11) is 1.74. The van der Waals surface area contributed by atoms with Gasteiger partial charge in [-0.3, -0.25) is 4.90 Å². The van der Waals surface area contributed by atoms with E-state index in [4.69, 9.17) is 5.10 Å². The van der Waals surface area contributed by atoms with Gasteiger partial charge >= 0.3 is 5.69 Å². The standard InChI is InChI=1S/C19H23N7O/c1-24-11-13(10-20-19(24)27)12-25-7-5-14(6-8-25)18-22-21-17-9-15-3-2-4-16(15)23-26(17)18/h9-11,14H,2-8,12H2,1H3. The molecule has 0 spiro atoms. The van der Waals surface area contributed by atoms with Gasteiger partial charge in [-0.1, -0.05) is 0 Å². The van der Waals surface area contributed by atoms with Gasteiger partial charge in [0.2, 0.25) is 0 Å². The van der Waals surface area contributed by atoms with Gasteiger partial charge in [-0.15, -0.1) is 10.2 Å². The van der Waals surface area contributed by atoms with Crippen molar-refractivity contribution in [2.24, 2.45) is 7.05 Å². The Kier molecular flexibility index (Phi) is 4.00. The third-order valence-electron chi connectivity index (χ3n) is 5.80. The largest absolute Gasteiger partial charge is 0.347 e. The zero-order valence-corrected chi connectivity index (χ0v) is 15.5. The molecule has 1 saturated heterocycles. The normalized spacial score (nSPS) is 18.3. The van der Waals surface area contributed by atoms with Gasteiger partial charge < -0.3 is 4.57 Å². The summed E-state index contributed by atoms with van der Waals surface area (Å²) in [5.41, 5.74) is 4.28. The van der Waals surface area contributed by atoms with E-state index in [1.54, 1.807) is 13.2 Å². The summed E-state index contributed by atoms with van der Waals surface area (Å²) >= 11 is 0. The average molecular weight is 365 g/mol. The minimum Gasteiger partial charge on any atom is -0.302 e. The lowest BCUT2D eigenvalue weighted by atomic mass is 9.96. The SMILES string of the molecule is Cn1cc(CN2CCC(c3nnc4cc5c(nn34)CCC5)CC2)cnc1=O. The topological polar surface area (TPSA) is 81.2 Å². The Hall–Kier alpha value is -2.61. The van der Waals surface area contributed by atoms with Crippen LogP contribution in [0.25, 0.3) is 5.65 Å². The Morgan fingerprint density at radius 3 is 2.85 bits per heavy atom. The molecule has 1 aliphatic heterocycles. The van der Waals surface area contributed by atoms with Crippen molar-refractivity contribution < 1.29 is 0 Å². The Bertz CT molecular complexity index is 1050. The van der Waals surface area contributed by atoms with Gasteiger partial charge in [0.25, 0.3) is 0 Å². The van der Waals surface area contributed by atoms with E-state index in [-0.39, 0.29) is 5.69 Å². The van der Waals surface area contributed by atoms with Crippen molar-refractivity contribution in [3.8, 4) is 0 Å². The van der Waals surface area contributed by atoms with Crippen molar-refractivity contribution in [3.05, 3.63) is 51.6 Å². The number of rotatable bonds is 3. The molecule has 140 valence electrons. The number of aromatic nitrogens is 6. The van der Waals surface area contributed by atoms with E-state index in [1.165, 1.54) is 22.2 Å². The number of hydrogen-bond donors (Lipinski definition) is 0. The highest BCUT2D eigenvalue weighted by atomic mass is 16.1. The average Bonchev–Trinajstić information content (AvgIpc) is 3.29. The predicted molar refractivity (Wildman–Crippen MR) is 99.5 cm³/mol. The minimum absolute atomic E-state index is 0.213. The number of hydrogen-bond acceptors (Lipinski definition) is 6. The minimum atomic E-state index is -0.213. The Labute approximate surface area is 156 Å². The first-order valence-electron chi connectivity index (χ1n) is 9.65. The fraction of sp³-hybridized carbons (Fsp3) is 0.526. The first-order valence-corrected chi connectivity index (χ1v) is 9.65. The lowest BCUT2D eigenvalue weighted by Gasteiger charge is -2.31. The fourth-order valence-corrected chi connectivity index (χ4v) is 4.30. The van der Waals surface area contributed by atoms with Gasteiger partial charge in [0.15, 0.2) is 11.5 Å². The maximum atomic E-state index is 11.4. The molecule has 0 unspecified atom stereocenters. The van der Waals surface area contributed by atoms with Crippen LogP contribution >= 0.6 is 0 Å². The molecule has 0 atom stereocenters.